The van der Waals surface area contributed by atoms with Crippen molar-refractivity contribution in [1.82, 2.24) is 0 Å². The van der Waals surface area contributed by atoms with Gasteiger partial charge in [-0.15, -0.1) is 0 Å². The molecular weight excluding hydrogens is 458 g/mol. The van der Waals surface area contributed by atoms with Crippen LogP contribution in [-0.4, -0.2) is 0 Å². The molecule has 0 saturated heterocycles. The van der Waals surface area contributed by atoms with Gasteiger partial charge in [0.2, 0.25) is 0 Å². The maximum Gasteiger partial charge on any atom is 0.0988 e. The first kappa shape index (κ1) is 23.5. The first-order chi connectivity index (χ1) is 18.8. The van der Waals surface area contributed by atoms with Gasteiger partial charge in [-0.25, -0.2) is 0 Å². The number of benzene rings is 5. The van der Waals surface area contributed by atoms with E-state index in [0.717, 1.165) is 0 Å². The third kappa shape index (κ3) is 3.79. The van der Waals surface area contributed by atoms with Crippen molar-refractivity contribution < 1.29 is 0 Å². The van der Waals surface area contributed by atoms with E-state index in [1.54, 1.807) is 6.08 Å². The van der Waals surface area contributed by atoms with E-state index >= 15 is 0 Å². The summed E-state index contributed by atoms with van der Waals surface area (Å²) in [6.07, 6.45) is 4.23. The van der Waals surface area contributed by atoms with Gasteiger partial charge in [0.15, 0.2) is 0 Å². The zero-order chi connectivity index (χ0) is 26.0. The monoisotopic (exact) mass is 485 g/mol. The molecule has 0 saturated carbocycles. The number of rotatable bonds is 6. The van der Waals surface area contributed by atoms with Gasteiger partial charge < -0.3 is 0 Å². The van der Waals surface area contributed by atoms with E-state index in [1.807, 2.05) is 6.08 Å². The lowest BCUT2D eigenvalue weighted by Gasteiger charge is -2.33. The van der Waals surface area contributed by atoms with Crippen LogP contribution in [0.25, 0.3) is 22.3 Å². The van der Waals surface area contributed by atoms with Gasteiger partial charge in [0.05, 0.1) is 11.5 Å². The maximum atomic E-state index is 9.14. The van der Waals surface area contributed by atoms with Crippen LogP contribution in [0.4, 0.5) is 0 Å². The van der Waals surface area contributed by atoms with Crippen LogP contribution in [0.2, 0.25) is 0 Å². The Kier molecular flexibility index (Phi) is 6.08. The van der Waals surface area contributed by atoms with Gasteiger partial charge in [0, 0.05) is 5.57 Å². The average Bonchev–Trinajstić information content (AvgIpc) is 3.29. The summed E-state index contributed by atoms with van der Waals surface area (Å²) in [6, 6.07) is 48.3. The summed E-state index contributed by atoms with van der Waals surface area (Å²) in [5.74, 6) is 0. The molecule has 6 rings (SSSR count). The van der Waals surface area contributed by atoms with Crippen molar-refractivity contribution in [3.8, 4) is 28.3 Å². The molecule has 0 amide bonds. The number of nitrogens with zero attached hydrogens (tertiary/aromatic N) is 1. The van der Waals surface area contributed by atoms with Crippen LogP contribution < -0.4 is 0 Å². The minimum atomic E-state index is -0.368. The van der Waals surface area contributed by atoms with Crippen LogP contribution in [0.15, 0.2) is 152 Å². The van der Waals surface area contributed by atoms with E-state index < -0.39 is 0 Å². The molecule has 0 fully saturated rings. The standard InChI is InChI=1S/C37H27N/c1-2-27(26-38)17-18-28-19-21-29(22-20-28)30-23-24-36-34(25-30)33-15-9-10-16-35(33)37(36,31-11-5-3-6-12-31)32-13-7-4-8-14-32/h2-17,19-25H,1,18H2/b27-17+. The third-order valence-electron chi connectivity index (χ3n) is 7.65. The average molecular weight is 486 g/mol. The highest BCUT2D eigenvalue weighted by Crippen LogP contribution is 2.56. The highest BCUT2D eigenvalue weighted by Gasteiger charge is 2.45. The van der Waals surface area contributed by atoms with E-state index in [-0.39, 0.29) is 5.41 Å². The summed E-state index contributed by atoms with van der Waals surface area (Å²) in [7, 11) is 0. The topological polar surface area (TPSA) is 23.8 Å². The van der Waals surface area contributed by atoms with Crippen LogP contribution in [0.3, 0.4) is 0 Å². The molecule has 0 atom stereocenters. The third-order valence-corrected chi connectivity index (χ3v) is 7.65. The van der Waals surface area contributed by atoms with Gasteiger partial charge in [0.1, 0.15) is 0 Å². The van der Waals surface area contributed by atoms with Gasteiger partial charge in [-0.1, -0.05) is 140 Å². The molecule has 38 heavy (non-hydrogen) atoms. The van der Waals surface area contributed by atoms with Crippen molar-refractivity contribution in [1.29, 1.82) is 5.26 Å². The summed E-state index contributed by atoms with van der Waals surface area (Å²) >= 11 is 0. The SMILES string of the molecule is C=C/C(C#N)=C\Cc1ccc(-c2ccc3c(c2)-c2ccccc2C3(c2ccccc2)c2ccccc2)cc1. The molecule has 5 aromatic rings. The fourth-order valence-electron chi connectivity index (χ4n) is 5.86. The maximum absolute atomic E-state index is 9.14. The normalized spacial score (nSPS) is 13.3. The summed E-state index contributed by atoms with van der Waals surface area (Å²) < 4.78 is 0. The second-order valence-corrected chi connectivity index (χ2v) is 9.66. The van der Waals surface area contributed by atoms with Crippen molar-refractivity contribution >= 4 is 0 Å². The first-order valence-corrected chi connectivity index (χ1v) is 12.9. The van der Waals surface area contributed by atoms with Crippen LogP contribution in [0.5, 0.6) is 0 Å². The van der Waals surface area contributed by atoms with Crippen LogP contribution in [0.1, 0.15) is 27.8 Å². The lowest BCUT2D eigenvalue weighted by atomic mass is 9.67. The molecular formula is C37H27N. The van der Waals surface area contributed by atoms with Crippen molar-refractivity contribution in [2.45, 2.75) is 11.8 Å². The summed E-state index contributed by atoms with van der Waals surface area (Å²) in [5.41, 5.74) is 11.5. The van der Waals surface area contributed by atoms with Gasteiger partial charge in [-0.3, -0.25) is 0 Å². The molecule has 0 unspecified atom stereocenters. The fraction of sp³-hybridized carbons (Fsp3) is 0.0541. The molecule has 5 aromatic carbocycles. The van der Waals surface area contributed by atoms with Crippen molar-refractivity contribution in [2.75, 3.05) is 0 Å². The highest BCUT2D eigenvalue weighted by molar-refractivity contribution is 5.88. The molecule has 1 heteroatoms. The molecule has 180 valence electrons. The molecule has 0 spiro atoms. The van der Waals surface area contributed by atoms with Crippen LogP contribution in [-0.2, 0) is 11.8 Å². The lowest BCUT2D eigenvalue weighted by Crippen LogP contribution is -2.28. The zero-order valence-electron chi connectivity index (χ0n) is 21.1. The molecule has 0 N–H and O–H groups in total. The number of hydrogen-bond donors (Lipinski definition) is 0. The highest BCUT2D eigenvalue weighted by atomic mass is 14.5. The van der Waals surface area contributed by atoms with Crippen LogP contribution in [0, 0.1) is 11.3 Å². The largest absolute Gasteiger partial charge is 0.192 e. The lowest BCUT2D eigenvalue weighted by molar-refractivity contribution is 0.768. The minimum absolute atomic E-state index is 0.368. The molecule has 0 aliphatic heterocycles. The number of hydrogen-bond acceptors (Lipinski definition) is 1. The molecule has 1 aliphatic rings. The van der Waals surface area contributed by atoms with Crippen molar-refractivity contribution in [2.24, 2.45) is 0 Å². The Morgan fingerprint density at radius 1 is 0.658 bits per heavy atom. The number of allylic oxidation sites excluding steroid dienone is 3. The molecule has 0 bridgehead atoms. The van der Waals surface area contributed by atoms with Gasteiger partial charge >= 0.3 is 0 Å². The summed E-state index contributed by atoms with van der Waals surface area (Å²) in [6.45, 7) is 3.70. The Hall–Kier alpha value is -4.93. The Morgan fingerprint density at radius 3 is 1.87 bits per heavy atom. The van der Waals surface area contributed by atoms with Crippen LogP contribution >= 0.6 is 0 Å². The van der Waals surface area contributed by atoms with E-state index in [0.29, 0.717) is 12.0 Å². The minimum Gasteiger partial charge on any atom is -0.192 e. The molecule has 0 radical (unpaired) electrons. The van der Waals surface area contributed by atoms with Crippen molar-refractivity contribution in [3.05, 3.63) is 180 Å². The predicted octanol–water partition coefficient (Wildman–Crippen LogP) is 8.90. The first-order valence-electron chi connectivity index (χ1n) is 12.9. The number of nitriles is 1. The Bertz CT molecular complexity index is 1640. The number of fused-ring (bicyclic) bond motifs is 3. The summed E-state index contributed by atoms with van der Waals surface area (Å²) in [5, 5.41) is 9.14. The summed E-state index contributed by atoms with van der Waals surface area (Å²) in [4.78, 5) is 0. The molecule has 1 nitrogen and oxygen atoms in total. The molecule has 0 heterocycles. The van der Waals surface area contributed by atoms with Gasteiger partial charge in [-0.05, 0) is 62.6 Å². The van der Waals surface area contributed by atoms with Gasteiger partial charge in [0.25, 0.3) is 0 Å². The van der Waals surface area contributed by atoms with E-state index in [9.17, 15) is 0 Å². The molecule has 0 aromatic heterocycles. The second kappa shape index (κ2) is 9.85. The Balaban J connectivity index is 1.49. The van der Waals surface area contributed by atoms with E-state index in [4.69, 9.17) is 5.26 Å². The second-order valence-electron chi connectivity index (χ2n) is 9.66. The van der Waals surface area contributed by atoms with E-state index in [2.05, 4.69) is 140 Å². The Labute approximate surface area is 224 Å². The quantitative estimate of drug-likeness (QED) is 0.171. The fourth-order valence-corrected chi connectivity index (χ4v) is 5.86. The van der Waals surface area contributed by atoms with E-state index in [1.165, 1.54) is 50.1 Å². The smallest absolute Gasteiger partial charge is 0.0988 e. The van der Waals surface area contributed by atoms with Gasteiger partial charge in [-0.2, -0.15) is 5.26 Å². The molecule has 1 aliphatic carbocycles. The van der Waals surface area contributed by atoms with Crippen molar-refractivity contribution in [3.63, 3.8) is 0 Å². The zero-order valence-corrected chi connectivity index (χ0v) is 21.1. The Morgan fingerprint density at radius 2 is 1.24 bits per heavy atom. The predicted molar refractivity (Wildman–Crippen MR) is 157 cm³/mol.